The van der Waals surface area contributed by atoms with Gasteiger partial charge in [0, 0.05) is 40.9 Å². The Balaban J connectivity index is 1.80. The van der Waals surface area contributed by atoms with Crippen molar-refractivity contribution < 1.29 is 0 Å². The zero-order valence-electron chi connectivity index (χ0n) is 11.4. The summed E-state index contributed by atoms with van der Waals surface area (Å²) in [7, 11) is 1.97. The van der Waals surface area contributed by atoms with Gasteiger partial charge < -0.3 is 5.32 Å². The second-order valence-electron chi connectivity index (χ2n) is 5.01. The predicted molar refractivity (Wildman–Crippen MR) is 79.6 cm³/mol. The highest BCUT2D eigenvalue weighted by atomic mass is 32.2. The van der Waals surface area contributed by atoms with Gasteiger partial charge in [0.1, 0.15) is 0 Å². The van der Waals surface area contributed by atoms with Crippen LogP contribution in [0.25, 0.3) is 0 Å². The first-order valence-corrected chi connectivity index (χ1v) is 7.65. The Bertz CT molecular complexity index is 577. The number of fused-ring (bicyclic) bond motifs is 1. The van der Waals surface area contributed by atoms with Crippen LogP contribution in [0.4, 0.5) is 0 Å². The minimum atomic E-state index is 0.585. The summed E-state index contributed by atoms with van der Waals surface area (Å²) in [5.74, 6) is 1.75. The molecule has 0 aliphatic carbocycles. The van der Waals surface area contributed by atoms with Gasteiger partial charge in [-0.15, -0.1) is 11.8 Å². The van der Waals surface area contributed by atoms with E-state index >= 15 is 0 Å². The van der Waals surface area contributed by atoms with E-state index in [-0.39, 0.29) is 0 Å². The summed E-state index contributed by atoms with van der Waals surface area (Å²) in [6, 6.07) is 8.74. The van der Waals surface area contributed by atoms with E-state index in [1.165, 1.54) is 27.5 Å². The summed E-state index contributed by atoms with van der Waals surface area (Å²) in [5.41, 5.74) is 4.06. The summed E-state index contributed by atoms with van der Waals surface area (Å²) in [6.45, 7) is 4.04. The Labute approximate surface area is 118 Å². The van der Waals surface area contributed by atoms with Crippen molar-refractivity contribution in [3.8, 4) is 0 Å². The van der Waals surface area contributed by atoms with E-state index in [2.05, 4.69) is 46.3 Å². The summed E-state index contributed by atoms with van der Waals surface area (Å²) in [4.78, 5) is 1.44. The lowest BCUT2D eigenvalue weighted by molar-refractivity contribution is 0.536. The van der Waals surface area contributed by atoms with Gasteiger partial charge in [0.25, 0.3) is 0 Å². The van der Waals surface area contributed by atoms with Crippen LogP contribution >= 0.6 is 11.8 Å². The summed E-state index contributed by atoms with van der Waals surface area (Å²) in [6.07, 6.45) is 1.99. The molecule has 0 radical (unpaired) electrons. The highest BCUT2D eigenvalue weighted by molar-refractivity contribution is 7.99. The molecular formula is C15H19N3S. The Hall–Kier alpha value is -1.26. The fourth-order valence-corrected chi connectivity index (χ4v) is 3.86. The van der Waals surface area contributed by atoms with Crippen molar-refractivity contribution in [2.45, 2.75) is 30.8 Å². The molecule has 0 fully saturated rings. The normalized spacial score (nSPS) is 17.7. The Morgan fingerprint density at radius 2 is 2.26 bits per heavy atom. The van der Waals surface area contributed by atoms with Crippen LogP contribution < -0.4 is 5.32 Å². The van der Waals surface area contributed by atoms with Crippen molar-refractivity contribution in [3.05, 3.63) is 47.3 Å². The van der Waals surface area contributed by atoms with Crippen molar-refractivity contribution >= 4 is 11.8 Å². The van der Waals surface area contributed by atoms with Crippen LogP contribution in [0.3, 0.4) is 0 Å². The van der Waals surface area contributed by atoms with Crippen LogP contribution in [-0.2, 0) is 13.1 Å². The van der Waals surface area contributed by atoms with E-state index < -0.39 is 0 Å². The van der Waals surface area contributed by atoms with Gasteiger partial charge in [0.05, 0.1) is 6.20 Å². The average molecular weight is 273 g/mol. The van der Waals surface area contributed by atoms with E-state index in [4.69, 9.17) is 0 Å². The van der Waals surface area contributed by atoms with Crippen molar-refractivity contribution in [2.75, 3.05) is 12.8 Å². The molecule has 1 aromatic heterocycles. The SMILES string of the molecule is CNCc1cnn(CC2CSc3ccccc32)c1C. The lowest BCUT2D eigenvalue weighted by Crippen LogP contribution is -2.12. The number of aromatic nitrogens is 2. The molecule has 19 heavy (non-hydrogen) atoms. The van der Waals surface area contributed by atoms with Gasteiger partial charge in [-0.3, -0.25) is 4.68 Å². The molecule has 0 amide bonds. The minimum Gasteiger partial charge on any atom is -0.316 e. The molecule has 1 unspecified atom stereocenters. The highest BCUT2D eigenvalue weighted by Crippen LogP contribution is 2.40. The van der Waals surface area contributed by atoms with Gasteiger partial charge in [-0.2, -0.15) is 5.10 Å². The monoisotopic (exact) mass is 273 g/mol. The number of benzene rings is 1. The van der Waals surface area contributed by atoms with E-state index in [0.29, 0.717) is 5.92 Å². The number of hydrogen-bond donors (Lipinski definition) is 1. The maximum atomic E-state index is 4.54. The van der Waals surface area contributed by atoms with E-state index in [0.717, 1.165) is 13.1 Å². The topological polar surface area (TPSA) is 29.9 Å². The van der Waals surface area contributed by atoms with Crippen LogP contribution in [0, 0.1) is 6.92 Å². The second-order valence-corrected chi connectivity index (χ2v) is 6.08. The summed E-state index contributed by atoms with van der Waals surface area (Å²) >= 11 is 1.96. The van der Waals surface area contributed by atoms with Gasteiger partial charge in [-0.05, 0) is 25.6 Å². The third kappa shape index (κ3) is 2.42. The smallest absolute Gasteiger partial charge is 0.0537 e. The van der Waals surface area contributed by atoms with Gasteiger partial charge in [0.2, 0.25) is 0 Å². The molecule has 3 rings (SSSR count). The Kier molecular flexibility index (Phi) is 3.62. The quantitative estimate of drug-likeness (QED) is 0.929. The van der Waals surface area contributed by atoms with Crippen LogP contribution in [0.5, 0.6) is 0 Å². The van der Waals surface area contributed by atoms with Crippen LogP contribution in [0.1, 0.15) is 22.7 Å². The number of thioether (sulfide) groups is 1. The average Bonchev–Trinajstić information content (AvgIpc) is 2.98. The number of hydrogen-bond acceptors (Lipinski definition) is 3. The minimum absolute atomic E-state index is 0.585. The first-order chi connectivity index (χ1) is 9.29. The number of nitrogens with one attached hydrogen (secondary N) is 1. The fourth-order valence-electron chi connectivity index (χ4n) is 2.62. The lowest BCUT2D eigenvalue weighted by Gasteiger charge is -2.12. The van der Waals surface area contributed by atoms with Crippen LogP contribution in [0.15, 0.2) is 35.4 Å². The maximum absolute atomic E-state index is 4.54. The molecular weight excluding hydrogens is 254 g/mol. The lowest BCUT2D eigenvalue weighted by atomic mass is 10.0. The zero-order chi connectivity index (χ0) is 13.2. The summed E-state index contributed by atoms with van der Waals surface area (Å²) in [5, 5.41) is 7.73. The molecule has 0 saturated carbocycles. The maximum Gasteiger partial charge on any atom is 0.0537 e. The third-order valence-corrected chi connectivity index (χ3v) is 5.02. The van der Waals surface area contributed by atoms with Gasteiger partial charge in [0.15, 0.2) is 0 Å². The predicted octanol–water partition coefficient (Wildman–Crippen LogP) is 2.80. The molecule has 0 spiro atoms. The van der Waals surface area contributed by atoms with E-state index in [1.54, 1.807) is 0 Å². The Morgan fingerprint density at radius 3 is 3.11 bits per heavy atom. The van der Waals surface area contributed by atoms with Gasteiger partial charge in [-0.25, -0.2) is 0 Å². The first-order valence-electron chi connectivity index (χ1n) is 6.67. The van der Waals surface area contributed by atoms with E-state index in [1.807, 2.05) is 25.0 Å². The molecule has 1 atom stereocenters. The van der Waals surface area contributed by atoms with Crippen LogP contribution in [0.2, 0.25) is 0 Å². The largest absolute Gasteiger partial charge is 0.316 e. The molecule has 3 nitrogen and oxygen atoms in total. The number of rotatable bonds is 4. The van der Waals surface area contributed by atoms with Crippen molar-refractivity contribution in [1.29, 1.82) is 0 Å². The molecule has 100 valence electrons. The molecule has 2 heterocycles. The fraction of sp³-hybridized carbons (Fsp3) is 0.400. The molecule has 0 saturated heterocycles. The molecule has 0 bridgehead atoms. The standard InChI is InChI=1S/C15H19N3S/c1-11-12(7-16-2)8-17-18(11)9-13-10-19-15-6-4-3-5-14(13)15/h3-6,8,13,16H,7,9-10H2,1-2H3. The number of nitrogens with zero attached hydrogens (tertiary/aromatic N) is 2. The van der Waals surface area contributed by atoms with Crippen LogP contribution in [-0.4, -0.2) is 22.6 Å². The summed E-state index contributed by atoms with van der Waals surface area (Å²) < 4.78 is 2.15. The zero-order valence-corrected chi connectivity index (χ0v) is 12.2. The second kappa shape index (κ2) is 5.39. The first kappa shape index (κ1) is 12.8. The van der Waals surface area contributed by atoms with Crippen molar-refractivity contribution in [2.24, 2.45) is 0 Å². The molecule has 1 aliphatic heterocycles. The Morgan fingerprint density at radius 1 is 1.42 bits per heavy atom. The van der Waals surface area contributed by atoms with Crippen molar-refractivity contribution in [1.82, 2.24) is 15.1 Å². The molecule has 4 heteroatoms. The highest BCUT2D eigenvalue weighted by Gasteiger charge is 2.23. The molecule has 1 aliphatic rings. The molecule has 1 N–H and O–H groups in total. The van der Waals surface area contributed by atoms with Gasteiger partial charge >= 0.3 is 0 Å². The molecule has 1 aromatic carbocycles. The van der Waals surface area contributed by atoms with Gasteiger partial charge in [-0.1, -0.05) is 18.2 Å². The van der Waals surface area contributed by atoms with E-state index in [9.17, 15) is 0 Å². The molecule has 2 aromatic rings. The van der Waals surface area contributed by atoms with Crippen molar-refractivity contribution in [3.63, 3.8) is 0 Å². The third-order valence-electron chi connectivity index (χ3n) is 3.76.